The summed E-state index contributed by atoms with van der Waals surface area (Å²) < 4.78 is 0.209. The van der Waals surface area contributed by atoms with Gasteiger partial charge in [0.15, 0.2) is 0 Å². The van der Waals surface area contributed by atoms with Gasteiger partial charge in [0.25, 0.3) is 5.91 Å². The molecule has 0 fully saturated rings. The van der Waals surface area contributed by atoms with E-state index in [0.717, 1.165) is 16.9 Å². The van der Waals surface area contributed by atoms with Crippen molar-refractivity contribution < 1.29 is 9.59 Å². The molecule has 1 heterocycles. The Balaban J connectivity index is 2.01. The van der Waals surface area contributed by atoms with Crippen LogP contribution in [0.5, 0.6) is 0 Å². The number of rotatable bonds is 4. The van der Waals surface area contributed by atoms with E-state index >= 15 is 0 Å². The van der Waals surface area contributed by atoms with Crippen molar-refractivity contribution in [3.8, 4) is 0 Å². The first kappa shape index (κ1) is 13.4. The first-order valence-electron chi connectivity index (χ1n) is 5.22. The molecular formula is C11H9ClN4O2S. The van der Waals surface area contributed by atoms with E-state index < -0.39 is 5.91 Å². The third kappa shape index (κ3) is 3.49. The van der Waals surface area contributed by atoms with E-state index in [-0.39, 0.29) is 21.9 Å². The second kappa shape index (κ2) is 5.77. The van der Waals surface area contributed by atoms with Crippen molar-refractivity contribution in [2.45, 2.75) is 6.54 Å². The lowest BCUT2D eigenvalue weighted by Crippen LogP contribution is -2.23. The van der Waals surface area contributed by atoms with Crippen LogP contribution in [0.15, 0.2) is 24.3 Å². The molecule has 1 aromatic heterocycles. The topological polar surface area (TPSA) is 98.0 Å². The molecule has 0 radical (unpaired) electrons. The van der Waals surface area contributed by atoms with Crippen molar-refractivity contribution >= 4 is 34.8 Å². The molecule has 3 N–H and O–H groups in total. The predicted octanol–water partition coefficient (Wildman–Crippen LogP) is 1.22. The van der Waals surface area contributed by atoms with Crippen LogP contribution in [0.3, 0.4) is 0 Å². The highest BCUT2D eigenvalue weighted by molar-refractivity contribution is 7.17. The van der Waals surface area contributed by atoms with Gasteiger partial charge in [-0.25, -0.2) is 0 Å². The Morgan fingerprint density at radius 2 is 2.16 bits per heavy atom. The van der Waals surface area contributed by atoms with Crippen LogP contribution in [0.4, 0.5) is 0 Å². The van der Waals surface area contributed by atoms with Gasteiger partial charge in [-0.3, -0.25) is 9.59 Å². The molecule has 2 aromatic rings. The Labute approximate surface area is 117 Å². The minimum atomic E-state index is -0.510. The summed E-state index contributed by atoms with van der Waals surface area (Å²) in [5, 5.41) is 10.0. The number of hydrogen-bond acceptors (Lipinski definition) is 5. The second-order valence-corrected chi connectivity index (χ2v) is 5.17. The zero-order valence-corrected chi connectivity index (χ0v) is 11.2. The van der Waals surface area contributed by atoms with Gasteiger partial charge >= 0.3 is 0 Å². The molecule has 0 atom stereocenters. The van der Waals surface area contributed by atoms with Gasteiger partial charge in [0.05, 0.1) is 0 Å². The van der Waals surface area contributed by atoms with E-state index in [1.54, 1.807) is 24.3 Å². The standard InChI is InChI=1S/C11H9ClN4O2S/c12-11-16-15-10(19-11)9(18)14-5-6-2-1-3-7(4-6)8(13)17/h1-4H,5H2,(H2,13,17)(H,14,18). The Bertz CT molecular complexity index is 629. The molecule has 6 nitrogen and oxygen atoms in total. The SMILES string of the molecule is NC(=O)c1cccc(CNC(=O)c2nnc(Cl)s2)c1. The average Bonchev–Trinajstić information content (AvgIpc) is 2.83. The Morgan fingerprint density at radius 1 is 1.37 bits per heavy atom. The number of nitrogens with two attached hydrogens (primary N) is 1. The minimum absolute atomic E-state index is 0.191. The van der Waals surface area contributed by atoms with Crippen LogP contribution in [0.2, 0.25) is 4.47 Å². The van der Waals surface area contributed by atoms with Gasteiger partial charge in [-0.05, 0) is 29.3 Å². The number of nitrogens with one attached hydrogen (secondary N) is 1. The minimum Gasteiger partial charge on any atom is -0.366 e. The monoisotopic (exact) mass is 296 g/mol. The fourth-order valence-corrected chi connectivity index (χ4v) is 2.13. The molecule has 2 amide bonds. The number of carbonyl (C=O) groups is 2. The van der Waals surface area contributed by atoms with Gasteiger partial charge in [0.2, 0.25) is 15.4 Å². The van der Waals surface area contributed by atoms with Gasteiger partial charge in [-0.1, -0.05) is 23.5 Å². The summed E-state index contributed by atoms with van der Waals surface area (Å²) in [6.45, 7) is 0.261. The lowest BCUT2D eigenvalue weighted by atomic mass is 10.1. The maximum absolute atomic E-state index is 11.7. The summed E-state index contributed by atoms with van der Waals surface area (Å²) in [5.74, 6) is -0.877. The maximum Gasteiger partial charge on any atom is 0.282 e. The number of hydrogen-bond donors (Lipinski definition) is 2. The van der Waals surface area contributed by atoms with Gasteiger partial charge in [-0.2, -0.15) is 0 Å². The summed E-state index contributed by atoms with van der Waals surface area (Å²) in [5.41, 5.74) is 6.33. The summed E-state index contributed by atoms with van der Waals surface area (Å²) in [7, 11) is 0. The number of aromatic nitrogens is 2. The van der Waals surface area contributed by atoms with Crippen LogP contribution < -0.4 is 11.1 Å². The number of amides is 2. The van der Waals surface area contributed by atoms with Crippen LogP contribution >= 0.6 is 22.9 Å². The van der Waals surface area contributed by atoms with E-state index in [2.05, 4.69) is 15.5 Å². The van der Waals surface area contributed by atoms with Crippen LogP contribution in [0.1, 0.15) is 25.7 Å². The van der Waals surface area contributed by atoms with Crippen molar-refractivity contribution in [1.82, 2.24) is 15.5 Å². The van der Waals surface area contributed by atoms with Crippen LogP contribution in [0, 0.1) is 0 Å². The fraction of sp³-hybridized carbons (Fsp3) is 0.0909. The molecular weight excluding hydrogens is 288 g/mol. The zero-order valence-electron chi connectivity index (χ0n) is 9.59. The van der Waals surface area contributed by atoms with Crippen LogP contribution in [0.25, 0.3) is 0 Å². The Morgan fingerprint density at radius 3 is 2.79 bits per heavy atom. The van der Waals surface area contributed by atoms with E-state index in [1.165, 1.54) is 0 Å². The Kier molecular flexibility index (Phi) is 4.08. The lowest BCUT2D eigenvalue weighted by molar-refractivity contribution is 0.0949. The van der Waals surface area contributed by atoms with Gasteiger partial charge in [0, 0.05) is 12.1 Å². The van der Waals surface area contributed by atoms with Crippen molar-refractivity contribution in [2.75, 3.05) is 0 Å². The molecule has 0 spiro atoms. The smallest absolute Gasteiger partial charge is 0.282 e. The normalized spacial score (nSPS) is 10.2. The average molecular weight is 297 g/mol. The molecule has 0 aliphatic heterocycles. The van der Waals surface area contributed by atoms with E-state index in [9.17, 15) is 9.59 Å². The summed E-state index contributed by atoms with van der Waals surface area (Å²) in [6, 6.07) is 6.71. The third-order valence-electron chi connectivity index (χ3n) is 2.26. The van der Waals surface area contributed by atoms with Crippen molar-refractivity contribution in [1.29, 1.82) is 0 Å². The first-order chi connectivity index (χ1) is 9.06. The molecule has 0 aliphatic carbocycles. The lowest BCUT2D eigenvalue weighted by Gasteiger charge is -2.04. The van der Waals surface area contributed by atoms with Crippen LogP contribution in [-0.4, -0.2) is 22.0 Å². The summed E-state index contributed by atoms with van der Waals surface area (Å²) in [4.78, 5) is 22.7. The van der Waals surface area contributed by atoms with Gasteiger partial charge < -0.3 is 11.1 Å². The summed E-state index contributed by atoms with van der Waals surface area (Å²) >= 11 is 6.59. The molecule has 0 saturated carbocycles. The fourth-order valence-electron chi connectivity index (χ4n) is 1.39. The van der Waals surface area contributed by atoms with E-state index in [1.807, 2.05) is 0 Å². The number of benzene rings is 1. The molecule has 0 aliphatic rings. The predicted molar refractivity (Wildman–Crippen MR) is 71.0 cm³/mol. The molecule has 1 aromatic carbocycles. The highest BCUT2D eigenvalue weighted by Crippen LogP contribution is 2.14. The molecule has 8 heteroatoms. The molecule has 0 unspecified atom stereocenters. The number of carbonyl (C=O) groups excluding carboxylic acids is 2. The largest absolute Gasteiger partial charge is 0.366 e. The van der Waals surface area contributed by atoms with Crippen molar-refractivity contribution in [3.05, 3.63) is 44.9 Å². The van der Waals surface area contributed by atoms with Gasteiger partial charge in [0.1, 0.15) is 0 Å². The highest BCUT2D eigenvalue weighted by atomic mass is 35.5. The molecule has 19 heavy (non-hydrogen) atoms. The van der Waals surface area contributed by atoms with Crippen molar-refractivity contribution in [3.63, 3.8) is 0 Å². The quantitative estimate of drug-likeness (QED) is 0.886. The molecule has 2 rings (SSSR count). The maximum atomic E-state index is 11.7. The molecule has 98 valence electrons. The van der Waals surface area contributed by atoms with E-state index in [4.69, 9.17) is 17.3 Å². The number of halogens is 1. The Hall–Kier alpha value is -1.99. The number of primary amides is 1. The highest BCUT2D eigenvalue weighted by Gasteiger charge is 2.11. The molecule has 0 bridgehead atoms. The number of nitrogens with zero attached hydrogens (tertiary/aromatic N) is 2. The summed E-state index contributed by atoms with van der Waals surface area (Å²) in [6.07, 6.45) is 0. The molecule has 0 saturated heterocycles. The van der Waals surface area contributed by atoms with Crippen molar-refractivity contribution in [2.24, 2.45) is 5.73 Å². The second-order valence-electron chi connectivity index (χ2n) is 3.61. The van der Waals surface area contributed by atoms with Crippen LogP contribution in [-0.2, 0) is 6.54 Å². The van der Waals surface area contributed by atoms with E-state index in [0.29, 0.717) is 5.56 Å². The zero-order chi connectivity index (χ0) is 13.8. The van der Waals surface area contributed by atoms with Gasteiger partial charge in [-0.15, -0.1) is 10.2 Å². The first-order valence-corrected chi connectivity index (χ1v) is 6.41. The third-order valence-corrected chi connectivity index (χ3v) is 3.28.